The molecule has 0 saturated carbocycles. The van der Waals surface area contributed by atoms with Crippen molar-refractivity contribution >= 4 is 17.5 Å². The van der Waals surface area contributed by atoms with Crippen LogP contribution in [0.5, 0.6) is 23.0 Å². The van der Waals surface area contributed by atoms with Crippen LogP contribution in [0.1, 0.15) is 16.8 Å². The molecule has 2 aromatic carbocycles. The molecule has 8 heteroatoms. The summed E-state index contributed by atoms with van der Waals surface area (Å²) in [6, 6.07) is 10.0. The molecule has 0 aromatic heterocycles. The van der Waals surface area contributed by atoms with Gasteiger partial charge in [-0.1, -0.05) is 6.07 Å². The maximum absolute atomic E-state index is 12.8. The van der Waals surface area contributed by atoms with Crippen LogP contribution < -0.4 is 29.2 Å². The molecule has 1 fully saturated rings. The van der Waals surface area contributed by atoms with Crippen molar-refractivity contribution in [3.8, 4) is 23.0 Å². The summed E-state index contributed by atoms with van der Waals surface area (Å²) in [6.45, 7) is 0.354. The zero-order valence-electron chi connectivity index (χ0n) is 16.9. The Labute approximate surface area is 169 Å². The molecule has 1 aliphatic heterocycles. The molecule has 1 N–H and O–H groups in total. The zero-order valence-corrected chi connectivity index (χ0v) is 16.9. The molecule has 1 heterocycles. The molecular weight excluding hydrogens is 376 g/mol. The van der Waals surface area contributed by atoms with Gasteiger partial charge < -0.3 is 29.2 Å². The number of amides is 2. The topological polar surface area (TPSA) is 86.3 Å². The number of nitrogens with one attached hydrogen (secondary N) is 1. The van der Waals surface area contributed by atoms with Crippen LogP contribution in [-0.2, 0) is 4.79 Å². The second kappa shape index (κ2) is 8.72. The average molecular weight is 400 g/mol. The number of carbonyl (C=O) groups is 2. The second-order valence-electron chi connectivity index (χ2n) is 6.46. The molecule has 2 amide bonds. The summed E-state index contributed by atoms with van der Waals surface area (Å²) in [5.74, 6) is 1.53. The molecule has 29 heavy (non-hydrogen) atoms. The van der Waals surface area contributed by atoms with Crippen molar-refractivity contribution < 1.29 is 28.5 Å². The van der Waals surface area contributed by atoms with Gasteiger partial charge in [-0.3, -0.25) is 9.59 Å². The predicted molar refractivity (Wildman–Crippen MR) is 107 cm³/mol. The third-order valence-corrected chi connectivity index (χ3v) is 4.79. The minimum Gasteiger partial charge on any atom is -0.493 e. The van der Waals surface area contributed by atoms with Crippen LogP contribution in [0.15, 0.2) is 36.4 Å². The minimum atomic E-state index is -0.334. The Balaban J connectivity index is 1.75. The number of hydrogen-bond acceptors (Lipinski definition) is 6. The fourth-order valence-corrected chi connectivity index (χ4v) is 3.38. The summed E-state index contributed by atoms with van der Waals surface area (Å²) in [5, 5.41) is 2.91. The number of carbonyl (C=O) groups excluding carboxylic acids is 2. The van der Waals surface area contributed by atoms with Gasteiger partial charge in [-0.15, -0.1) is 0 Å². The van der Waals surface area contributed by atoms with E-state index in [0.717, 1.165) is 0 Å². The molecule has 3 rings (SSSR count). The third-order valence-electron chi connectivity index (χ3n) is 4.79. The Bertz CT molecular complexity index is 914. The number of rotatable bonds is 7. The van der Waals surface area contributed by atoms with E-state index in [4.69, 9.17) is 18.9 Å². The largest absolute Gasteiger partial charge is 0.493 e. The molecule has 0 unspecified atom stereocenters. The van der Waals surface area contributed by atoms with E-state index in [9.17, 15) is 9.59 Å². The van der Waals surface area contributed by atoms with E-state index in [1.807, 2.05) is 0 Å². The van der Waals surface area contributed by atoms with Crippen LogP contribution in [0, 0.1) is 0 Å². The van der Waals surface area contributed by atoms with E-state index in [1.165, 1.54) is 21.3 Å². The Hall–Kier alpha value is -3.42. The van der Waals surface area contributed by atoms with E-state index in [0.29, 0.717) is 40.8 Å². The summed E-state index contributed by atoms with van der Waals surface area (Å²) in [4.78, 5) is 26.9. The summed E-state index contributed by atoms with van der Waals surface area (Å²) in [5.41, 5.74) is 1.03. The lowest BCUT2D eigenvalue weighted by atomic mass is 10.1. The summed E-state index contributed by atoms with van der Waals surface area (Å²) in [7, 11) is 6.08. The highest BCUT2D eigenvalue weighted by atomic mass is 16.5. The molecule has 1 aliphatic rings. The van der Waals surface area contributed by atoms with Crippen molar-refractivity contribution in [3.63, 3.8) is 0 Å². The van der Waals surface area contributed by atoms with Crippen LogP contribution in [0.2, 0.25) is 0 Å². The van der Waals surface area contributed by atoms with Gasteiger partial charge in [0.2, 0.25) is 5.91 Å². The van der Waals surface area contributed by atoms with E-state index < -0.39 is 0 Å². The SMILES string of the molecule is COc1ccc(N2C[C@H](NC(=O)c3cccc(OC)c3OC)CC2=O)cc1OC. The minimum absolute atomic E-state index is 0.0832. The van der Waals surface area contributed by atoms with Gasteiger partial charge in [0.05, 0.1) is 40.0 Å². The lowest BCUT2D eigenvalue weighted by Crippen LogP contribution is -2.37. The monoisotopic (exact) mass is 400 g/mol. The van der Waals surface area contributed by atoms with Crippen LogP contribution in [0.3, 0.4) is 0 Å². The first-order valence-electron chi connectivity index (χ1n) is 9.06. The Morgan fingerprint density at radius 2 is 1.69 bits per heavy atom. The molecule has 2 aromatic rings. The number of methoxy groups -OCH3 is 4. The number of ether oxygens (including phenoxy) is 4. The molecule has 8 nitrogen and oxygen atoms in total. The van der Waals surface area contributed by atoms with Crippen molar-refractivity contribution in [3.05, 3.63) is 42.0 Å². The maximum Gasteiger partial charge on any atom is 0.255 e. The second-order valence-corrected chi connectivity index (χ2v) is 6.46. The van der Waals surface area contributed by atoms with Gasteiger partial charge >= 0.3 is 0 Å². The van der Waals surface area contributed by atoms with Crippen LogP contribution in [0.25, 0.3) is 0 Å². The van der Waals surface area contributed by atoms with Gasteiger partial charge in [-0.2, -0.15) is 0 Å². The summed E-state index contributed by atoms with van der Waals surface area (Å²) in [6.07, 6.45) is 0.201. The molecule has 1 saturated heterocycles. The molecule has 0 bridgehead atoms. The fraction of sp³-hybridized carbons (Fsp3) is 0.333. The maximum atomic E-state index is 12.8. The lowest BCUT2D eigenvalue weighted by molar-refractivity contribution is -0.117. The number of anilines is 1. The highest BCUT2D eigenvalue weighted by molar-refractivity contribution is 6.00. The normalized spacial score (nSPS) is 15.8. The first-order valence-corrected chi connectivity index (χ1v) is 9.06. The lowest BCUT2D eigenvalue weighted by Gasteiger charge is -2.19. The van der Waals surface area contributed by atoms with E-state index in [2.05, 4.69) is 5.32 Å². The predicted octanol–water partition coefficient (Wildman–Crippen LogP) is 2.26. The molecule has 0 radical (unpaired) electrons. The van der Waals surface area contributed by atoms with Crippen LogP contribution in [-0.4, -0.2) is 52.8 Å². The van der Waals surface area contributed by atoms with E-state index >= 15 is 0 Å². The standard InChI is InChI=1S/C21H24N2O6/c1-26-16-9-8-14(11-18(16)28-3)23-12-13(10-19(23)24)22-21(25)15-6-5-7-17(27-2)20(15)29-4/h5-9,11,13H,10,12H2,1-4H3,(H,22,25)/t13-/m1/s1. The average Bonchev–Trinajstić information content (AvgIpc) is 3.12. The van der Waals surface area contributed by atoms with Crippen molar-refractivity contribution in [2.24, 2.45) is 0 Å². The Morgan fingerprint density at radius 1 is 0.966 bits per heavy atom. The molecule has 154 valence electrons. The van der Waals surface area contributed by atoms with Gasteiger partial charge in [-0.25, -0.2) is 0 Å². The molecule has 0 aliphatic carbocycles. The number of nitrogens with zero attached hydrogens (tertiary/aromatic N) is 1. The van der Waals surface area contributed by atoms with Gasteiger partial charge in [0.25, 0.3) is 5.91 Å². The van der Waals surface area contributed by atoms with Crippen molar-refractivity contribution in [2.75, 3.05) is 39.9 Å². The van der Waals surface area contributed by atoms with Crippen molar-refractivity contribution in [2.45, 2.75) is 12.5 Å². The molecular formula is C21H24N2O6. The van der Waals surface area contributed by atoms with Gasteiger partial charge in [-0.05, 0) is 24.3 Å². The summed E-state index contributed by atoms with van der Waals surface area (Å²) >= 11 is 0. The number of benzene rings is 2. The fourth-order valence-electron chi connectivity index (χ4n) is 3.38. The van der Waals surface area contributed by atoms with Gasteiger partial charge in [0.1, 0.15) is 0 Å². The number of para-hydroxylation sites is 1. The highest BCUT2D eigenvalue weighted by Crippen LogP contribution is 2.34. The van der Waals surface area contributed by atoms with Crippen molar-refractivity contribution in [1.82, 2.24) is 5.32 Å². The summed E-state index contributed by atoms with van der Waals surface area (Å²) < 4.78 is 21.1. The Kier molecular flexibility index (Phi) is 6.11. The Morgan fingerprint density at radius 3 is 2.34 bits per heavy atom. The highest BCUT2D eigenvalue weighted by Gasteiger charge is 2.33. The van der Waals surface area contributed by atoms with Gasteiger partial charge in [0.15, 0.2) is 23.0 Å². The third kappa shape index (κ3) is 4.06. The smallest absolute Gasteiger partial charge is 0.255 e. The molecule has 1 atom stereocenters. The van der Waals surface area contributed by atoms with E-state index in [-0.39, 0.29) is 24.3 Å². The van der Waals surface area contributed by atoms with Gasteiger partial charge in [0, 0.05) is 24.7 Å². The van der Waals surface area contributed by atoms with E-state index in [1.54, 1.807) is 48.4 Å². The quantitative estimate of drug-likeness (QED) is 0.767. The van der Waals surface area contributed by atoms with Crippen molar-refractivity contribution in [1.29, 1.82) is 0 Å². The first-order chi connectivity index (χ1) is 14.0. The number of hydrogen-bond donors (Lipinski definition) is 1. The van der Waals surface area contributed by atoms with Crippen LogP contribution in [0.4, 0.5) is 5.69 Å². The first kappa shape index (κ1) is 20.3. The molecule has 0 spiro atoms. The van der Waals surface area contributed by atoms with Crippen LogP contribution >= 0.6 is 0 Å². The zero-order chi connectivity index (χ0) is 21.0.